The molecule has 224 valence electrons. The number of hydrogen-bond donors (Lipinski definition) is 2. The summed E-state index contributed by atoms with van der Waals surface area (Å²) in [4.78, 5) is 27.0. The number of quaternary nitrogens is 1. The van der Waals surface area contributed by atoms with E-state index < -0.39 is 5.97 Å². The van der Waals surface area contributed by atoms with Crippen molar-refractivity contribution in [1.29, 1.82) is 0 Å². The maximum Gasteiger partial charge on any atom is 0.219 e. The van der Waals surface area contributed by atoms with Gasteiger partial charge in [0.05, 0.1) is 0 Å². The van der Waals surface area contributed by atoms with E-state index in [4.69, 9.17) is 4.84 Å². The fourth-order valence-corrected chi connectivity index (χ4v) is 4.21. The highest BCUT2D eigenvalue weighted by Crippen LogP contribution is 2.11. The summed E-state index contributed by atoms with van der Waals surface area (Å²) in [5, 5.41) is 23.4. The first-order valence-electron chi connectivity index (χ1n) is 15.1. The van der Waals surface area contributed by atoms with E-state index in [1.165, 1.54) is 44.9 Å². The van der Waals surface area contributed by atoms with Crippen LogP contribution in [0.25, 0.3) is 0 Å². The van der Waals surface area contributed by atoms with Crippen molar-refractivity contribution in [2.45, 2.75) is 130 Å². The molecule has 1 atom stereocenters. The van der Waals surface area contributed by atoms with Gasteiger partial charge in [0.15, 0.2) is 0 Å². The van der Waals surface area contributed by atoms with E-state index in [9.17, 15) is 19.9 Å². The van der Waals surface area contributed by atoms with Crippen molar-refractivity contribution in [2.24, 2.45) is 5.92 Å². The number of carbonyl (C=O) groups excluding carboxylic acids is 2. The van der Waals surface area contributed by atoms with Gasteiger partial charge >= 0.3 is 0 Å². The lowest BCUT2D eigenvalue weighted by Gasteiger charge is -2.28. The maximum absolute atomic E-state index is 11.8. The summed E-state index contributed by atoms with van der Waals surface area (Å²) in [6, 6.07) is 0. The van der Waals surface area contributed by atoms with Gasteiger partial charge in [-0.1, -0.05) is 77.4 Å². The molecule has 0 fully saturated rings. The van der Waals surface area contributed by atoms with Gasteiger partial charge < -0.3 is 15.2 Å². The molecular formula is C31H60N2O5. The molecule has 2 N–H and O–H groups in total. The van der Waals surface area contributed by atoms with Crippen molar-refractivity contribution < 1.29 is 29.6 Å². The number of nitrogens with zero attached hydrogens (tertiary/aromatic N) is 1. The van der Waals surface area contributed by atoms with Crippen LogP contribution in [0.4, 0.5) is 0 Å². The highest BCUT2D eigenvalue weighted by Gasteiger charge is 2.28. The standard InChI is InChI=1S/C20H40N2O3.C11H20O2/c1-5-7-8-9-10-11-12-13-15-20(23)21-16-14-17-22(24,25-6-2)18-19(3)4;1-2-3-4-5-6-7-8-9-10-11(12)13/h5,19,24H,1,6-18H2,2-4H3;2H,1,3-10H2,(H,12,13). The number of nitrogens with one attached hydrogen (secondary N) is 1. The Kier molecular flexibility index (Phi) is 28.6. The fourth-order valence-electron chi connectivity index (χ4n) is 4.21. The van der Waals surface area contributed by atoms with E-state index in [-0.39, 0.29) is 17.1 Å². The number of carboxylic acid groups (broad SMARTS) is 1. The van der Waals surface area contributed by atoms with Crippen molar-refractivity contribution >= 4 is 11.9 Å². The summed E-state index contributed by atoms with van der Waals surface area (Å²) in [7, 11) is 0. The second-order valence-corrected chi connectivity index (χ2v) is 10.5. The number of hydroxylamine groups is 4. The monoisotopic (exact) mass is 540 g/mol. The van der Waals surface area contributed by atoms with Crippen LogP contribution >= 0.6 is 0 Å². The molecule has 0 spiro atoms. The average molecular weight is 541 g/mol. The Morgan fingerprint density at radius 3 is 1.76 bits per heavy atom. The van der Waals surface area contributed by atoms with Gasteiger partial charge in [-0.2, -0.15) is 10.0 Å². The zero-order valence-corrected chi connectivity index (χ0v) is 25.0. The molecule has 7 nitrogen and oxygen atoms in total. The van der Waals surface area contributed by atoms with Crippen LogP contribution in [0, 0.1) is 5.92 Å². The molecule has 0 aliphatic rings. The summed E-state index contributed by atoms with van der Waals surface area (Å²) in [6.07, 6.45) is 21.2. The van der Waals surface area contributed by atoms with Gasteiger partial charge in [0, 0.05) is 31.3 Å². The predicted molar refractivity (Wildman–Crippen MR) is 155 cm³/mol. The third-order valence-corrected chi connectivity index (χ3v) is 6.13. The molecule has 0 bridgehead atoms. The minimum Gasteiger partial charge on any atom is -0.550 e. The molecular weight excluding hydrogens is 480 g/mol. The number of carboxylic acids is 1. The number of unbranched alkanes of at least 4 members (excludes halogenated alkanes) is 12. The van der Waals surface area contributed by atoms with Crippen LogP contribution in [0.15, 0.2) is 25.3 Å². The van der Waals surface area contributed by atoms with Crippen LogP contribution in [-0.2, 0) is 14.4 Å². The quantitative estimate of drug-likeness (QED) is 0.0553. The highest BCUT2D eigenvalue weighted by atomic mass is 16.9. The van der Waals surface area contributed by atoms with Crippen molar-refractivity contribution in [3.63, 3.8) is 0 Å². The van der Waals surface area contributed by atoms with E-state index >= 15 is 0 Å². The molecule has 0 aromatic carbocycles. The molecule has 0 saturated heterocycles. The summed E-state index contributed by atoms with van der Waals surface area (Å²) in [6.45, 7) is 15.5. The van der Waals surface area contributed by atoms with Crippen molar-refractivity contribution in [3.8, 4) is 0 Å². The first kappa shape index (κ1) is 38.4. The van der Waals surface area contributed by atoms with Gasteiger partial charge in [0.2, 0.25) is 5.91 Å². The molecule has 0 aliphatic heterocycles. The summed E-state index contributed by atoms with van der Waals surface area (Å²) >= 11 is 0. The number of amides is 1. The molecule has 0 saturated carbocycles. The summed E-state index contributed by atoms with van der Waals surface area (Å²) < 4.78 is 0. The molecule has 0 aromatic rings. The normalized spacial score (nSPS) is 12.3. The SMILES string of the molecule is C=CCCCCCCCCC(=O)NCCC[N+](O)(CC(C)C)OCC.C=CCCCCCCCCC(=O)[O-]. The zero-order chi connectivity index (χ0) is 28.9. The third kappa shape index (κ3) is 30.5. The van der Waals surface area contributed by atoms with E-state index in [0.717, 1.165) is 44.9 Å². The smallest absolute Gasteiger partial charge is 0.219 e. The Balaban J connectivity index is 0. The minimum atomic E-state index is -0.924. The molecule has 7 heteroatoms. The lowest BCUT2D eigenvalue weighted by atomic mass is 10.1. The number of aliphatic carboxylic acids is 1. The van der Waals surface area contributed by atoms with Gasteiger partial charge in [-0.3, -0.25) is 4.79 Å². The topological polar surface area (TPSA) is 98.7 Å². The first-order chi connectivity index (χ1) is 18.2. The van der Waals surface area contributed by atoms with Gasteiger partial charge in [-0.25, -0.2) is 0 Å². The van der Waals surface area contributed by atoms with Gasteiger partial charge in [0.25, 0.3) is 0 Å². The van der Waals surface area contributed by atoms with Crippen LogP contribution < -0.4 is 10.4 Å². The Bertz CT molecular complexity index is 583. The molecule has 1 unspecified atom stereocenters. The van der Waals surface area contributed by atoms with Crippen LogP contribution in [0.2, 0.25) is 0 Å². The third-order valence-electron chi connectivity index (χ3n) is 6.13. The van der Waals surface area contributed by atoms with E-state index in [1.54, 1.807) is 0 Å². The number of allylic oxidation sites excluding steroid dienone is 2. The maximum atomic E-state index is 11.8. The highest BCUT2D eigenvalue weighted by molar-refractivity contribution is 5.75. The lowest BCUT2D eigenvalue weighted by Crippen LogP contribution is -2.48. The molecule has 0 heterocycles. The Morgan fingerprint density at radius 2 is 1.32 bits per heavy atom. The molecule has 38 heavy (non-hydrogen) atoms. The molecule has 0 rings (SSSR count). The van der Waals surface area contributed by atoms with Crippen molar-refractivity contribution in [2.75, 3.05) is 26.2 Å². The number of rotatable bonds is 26. The molecule has 0 radical (unpaired) electrons. The molecule has 1 amide bonds. The van der Waals surface area contributed by atoms with Gasteiger partial charge in [-0.15, -0.1) is 13.2 Å². The van der Waals surface area contributed by atoms with Crippen LogP contribution in [0.1, 0.15) is 130 Å². The molecule has 0 aromatic heterocycles. The fraction of sp³-hybridized carbons (Fsp3) is 0.806. The van der Waals surface area contributed by atoms with E-state index in [1.807, 2.05) is 19.1 Å². The second-order valence-electron chi connectivity index (χ2n) is 10.5. The largest absolute Gasteiger partial charge is 0.550 e. The Hall–Kier alpha value is -1.70. The Labute approximate surface area is 234 Å². The molecule has 0 aliphatic carbocycles. The van der Waals surface area contributed by atoms with E-state index in [2.05, 4.69) is 32.3 Å². The lowest BCUT2D eigenvalue weighted by molar-refractivity contribution is -1.25. The second kappa shape index (κ2) is 28.3. The van der Waals surface area contributed by atoms with E-state index in [0.29, 0.717) is 45.0 Å². The Morgan fingerprint density at radius 1 is 0.842 bits per heavy atom. The zero-order valence-electron chi connectivity index (χ0n) is 25.0. The van der Waals surface area contributed by atoms with Crippen LogP contribution in [0.3, 0.4) is 0 Å². The number of hydrogen-bond acceptors (Lipinski definition) is 5. The van der Waals surface area contributed by atoms with Gasteiger partial charge in [0.1, 0.15) is 19.7 Å². The average Bonchev–Trinajstić information content (AvgIpc) is 2.85. The van der Waals surface area contributed by atoms with Crippen LogP contribution in [-0.4, -0.2) is 48.1 Å². The number of carbonyl (C=O) groups is 2. The minimum absolute atomic E-state index is 0.114. The van der Waals surface area contributed by atoms with Crippen molar-refractivity contribution in [1.82, 2.24) is 5.32 Å². The predicted octanol–water partition coefficient (Wildman–Crippen LogP) is 6.66. The van der Waals surface area contributed by atoms with Crippen LogP contribution in [0.5, 0.6) is 0 Å². The van der Waals surface area contributed by atoms with Gasteiger partial charge in [-0.05, 0) is 56.7 Å². The van der Waals surface area contributed by atoms with Crippen molar-refractivity contribution in [3.05, 3.63) is 25.3 Å². The summed E-state index contributed by atoms with van der Waals surface area (Å²) in [5.74, 6) is -0.461. The first-order valence-corrected chi connectivity index (χ1v) is 15.1. The summed E-state index contributed by atoms with van der Waals surface area (Å²) in [5.41, 5.74) is 0.